The fourth-order valence-corrected chi connectivity index (χ4v) is 1.05. The molecular weight excluding hydrogens is 180 g/mol. The molecule has 72 valence electrons. The van der Waals surface area contributed by atoms with E-state index in [4.69, 9.17) is 0 Å². The van der Waals surface area contributed by atoms with Gasteiger partial charge in [0.1, 0.15) is 5.69 Å². The highest BCUT2D eigenvalue weighted by Crippen LogP contribution is 1.99. The Morgan fingerprint density at radius 2 is 2.43 bits per heavy atom. The molecule has 0 radical (unpaired) electrons. The van der Waals surface area contributed by atoms with Gasteiger partial charge >= 0.3 is 0 Å². The molecule has 0 aliphatic carbocycles. The van der Waals surface area contributed by atoms with Crippen LogP contribution in [0.15, 0.2) is 24.5 Å². The van der Waals surface area contributed by atoms with Crippen molar-refractivity contribution in [2.45, 2.75) is 6.54 Å². The second kappa shape index (κ2) is 3.93. The van der Waals surface area contributed by atoms with E-state index >= 15 is 0 Å². The summed E-state index contributed by atoms with van der Waals surface area (Å²) in [5.41, 5.74) is 0.808. The summed E-state index contributed by atoms with van der Waals surface area (Å²) in [4.78, 5) is 5.43. The third-order valence-corrected chi connectivity index (χ3v) is 1.67. The molecule has 0 aliphatic heterocycles. The van der Waals surface area contributed by atoms with E-state index in [1.165, 1.54) is 4.80 Å². The van der Waals surface area contributed by atoms with Gasteiger partial charge < -0.3 is 5.32 Å². The normalized spacial score (nSPS) is 10.4. The second-order valence-electron chi connectivity index (χ2n) is 2.74. The summed E-state index contributed by atoms with van der Waals surface area (Å²) in [7, 11) is 1.84. The van der Waals surface area contributed by atoms with Crippen molar-refractivity contribution in [2.75, 3.05) is 7.05 Å². The second-order valence-corrected chi connectivity index (χ2v) is 2.74. The SMILES string of the molecule is CNCc1nnn(-c2cccnc2)n1. The van der Waals surface area contributed by atoms with Gasteiger partial charge in [-0.25, -0.2) is 0 Å². The Kier molecular flexibility index (Phi) is 2.46. The zero-order valence-corrected chi connectivity index (χ0v) is 7.75. The summed E-state index contributed by atoms with van der Waals surface area (Å²) in [6.45, 7) is 0.611. The van der Waals surface area contributed by atoms with E-state index in [0.717, 1.165) is 5.69 Å². The lowest BCUT2D eigenvalue weighted by atomic mass is 10.4. The molecule has 6 nitrogen and oxygen atoms in total. The van der Waals surface area contributed by atoms with Crippen molar-refractivity contribution in [2.24, 2.45) is 0 Å². The van der Waals surface area contributed by atoms with Crippen molar-refractivity contribution in [3.63, 3.8) is 0 Å². The van der Waals surface area contributed by atoms with Gasteiger partial charge in [-0.05, 0) is 24.4 Å². The molecule has 0 aromatic carbocycles. The lowest BCUT2D eigenvalue weighted by Crippen LogP contribution is -2.07. The standard InChI is InChI=1S/C8H10N6/c1-9-6-8-11-13-14(12-8)7-3-2-4-10-5-7/h2-5,9H,6H2,1H3. The van der Waals surface area contributed by atoms with Crippen LogP contribution in [0.4, 0.5) is 0 Å². The molecule has 0 aliphatic rings. The van der Waals surface area contributed by atoms with Crippen molar-refractivity contribution < 1.29 is 0 Å². The summed E-state index contributed by atoms with van der Waals surface area (Å²) < 4.78 is 0. The van der Waals surface area contributed by atoms with E-state index < -0.39 is 0 Å². The van der Waals surface area contributed by atoms with E-state index in [1.807, 2.05) is 19.2 Å². The van der Waals surface area contributed by atoms with Crippen LogP contribution in [0.1, 0.15) is 5.82 Å². The smallest absolute Gasteiger partial charge is 0.188 e. The molecule has 0 bridgehead atoms. The van der Waals surface area contributed by atoms with Gasteiger partial charge in [-0.15, -0.1) is 15.0 Å². The van der Waals surface area contributed by atoms with Crippen LogP contribution >= 0.6 is 0 Å². The Balaban J connectivity index is 2.25. The van der Waals surface area contributed by atoms with E-state index in [0.29, 0.717) is 12.4 Å². The Hall–Kier alpha value is -1.82. The summed E-state index contributed by atoms with van der Waals surface area (Å²) in [6.07, 6.45) is 3.39. The third-order valence-electron chi connectivity index (χ3n) is 1.67. The van der Waals surface area contributed by atoms with Gasteiger partial charge in [-0.1, -0.05) is 0 Å². The molecule has 2 aromatic rings. The molecule has 0 saturated heterocycles. The predicted octanol–water partition coefficient (Wildman–Crippen LogP) is -0.223. The Bertz CT molecular complexity index is 395. The largest absolute Gasteiger partial charge is 0.313 e. The first-order valence-electron chi connectivity index (χ1n) is 4.24. The molecule has 2 aromatic heterocycles. The fourth-order valence-electron chi connectivity index (χ4n) is 1.05. The van der Waals surface area contributed by atoms with Crippen LogP contribution in [0.3, 0.4) is 0 Å². The van der Waals surface area contributed by atoms with Gasteiger partial charge in [-0.2, -0.15) is 0 Å². The van der Waals surface area contributed by atoms with Crippen LogP contribution in [0.2, 0.25) is 0 Å². The molecule has 0 saturated carbocycles. The highest BCUT2D eigenvalue weighted by atomic mass is 15.6. The monoisotopic (exact) mass is 190 g/mol. The van der Waals surface area contributed by atoms with Crippen LogP contribution < -0.4 is 5.32 Å². The van der Waals surface area contributed by atoms with Gasteiger partial charge in [0.15, 0.2) is 5.82 Å². The molecule has 0 fully saturated rings. The molecule has 0 atom stereocenters. The van der Waals surface area contributed by atoms with Crippen LogP contribution in [0.5, 0.6) is 0 Å². The number of nitrogens with one attached hydrogen (secondary N) is 1. The number of pyridine rings is 1. The minimum atomic E-state index is 0.611. The van der Waals surface area contributed by atoms with Crippen molar-refractivity contribution in [3.8, 4) is 5.69 Å². The van der Waals surface area contributed by atoms with E-state index in [-0.39, 0.29) is 0 Å². The number of hydrogen-bond acceptors (Lipinski definition) is 5. The van der Waals surface area contributed by atoms with Crippen LogP contribution in [0.25, 0.3) is 5.69 Å². The van der Waals surface area contributed by atoms with E-state index in [9.17, 15) is 0 Å². The summed E-state index contributed by atoms with van der Waals surface area (Å²) in [5.74, 6) is 0.663. The third kappa shape index (κ3) is 1.74. The molecule has 0 spiro atoms. The Morgan fingerprint density at radius 1 is 1.50 bits per heavy atom. The molecule has 6 heteroatoms. The van der Waals surface area contributed by atoms with Gasteiger partial charge in [0.2, 0.25) is 0 Å². The highest BCUT2D eigenvalue weighted by molar-refractivity contribution is 5.23. The maximum atomic E-state index is 4.16. The van der Waals surface area contributed by atoms with Crippen molar-refractivity contribution in [1.82, 2.24) is 30.5 Å². The predicted molar refractivity (Wildman–Crippen MR) is 49.7 cm³/mol. The molecule has 0 unspecified atom stereocenters. The first kappa shape index (κ1) is 8.76. The molecule has 2 rings (SSSR count). The van der Waals surface area contributed by atoms with Crippen LogP contribution in [-0.4, -0.2) is 32.2 Å². The highest BCUT2D eigenvalue weighted by Gasteiger charge is 2.02. The maximum absolute atomic E-state index is 4.16. The first-order chi connectivity index (χ1) is 6.90. The van der Waals surface area contributed by atoms with Crippen molar-refractivity contribution in [3.05, 3.63) is 30.4 Å². The maximum Gasteiger partial charge on any atom is 0.188 e. The number of rotatable bonds is 3. The van der Waals surface area contributed by atoms with E-state index in [1.54, 1.807) is 12.4 Å². The number of tetrazole rings is 1. The summed E-state index contributed by atoms with van der Waals surface area (Å²) in [6, 6.07) is 3.70. The summed E-state index contributed by atoms with van der Waals surface area (Å²) in [5, 5.41) is 14.9. The van der Waals surface area contributed by atoms with Gasteiger partial charge in [0, 0.05) is 6.20 Å². The average molecular weight is 190 g/mol. The Labute approximate surface area is 81.0 Å². The zero-order chi connectivity index (χ0) is 9.80. The molecule has 1 N–H and O–H groups in total. The van der Waals surface area contributed by atoms with Crippen LogP contribution in [-0.2, 0) is 6.54 Å². The number of nitrogens with zero attached hydrogens (tertiary/aromatic N) is 5. The minimum absolute atomic E-state index is 0.611. The average Bonchev–Trinajstić information content (AvgIpc) is 2.68. The fraction of sp³-hybridized carbons (Fsp3) is 0.250. The van der Waals surface area contributed by atoms with Crippen LogP contribution in [0, 0.1) is 0 Å². The zero-order valence-electron chi connectivity index (χ0n) is 7.75. The van der Waals surface area contributed by atoms with Crippen molar-refractivity contribution in [1.29, 1.82) is 0 Å². The molecule has 2 heterocycles. The van der Waals surface area contributed by atoms with Gasteiger partial charge in [0.25, 0.3) is 0 Å². The Morgan fingerprint density at radius 3 is 3.14 bits per heavy atom. The van der Waals surface area contributed by atoms with E-state index in [2.05, 4.69) is 25.7 Å². The minimum Gasteiger partial charge on any atom is -0.313 e. The van der Waals surface area contributed by atoms with Gasteiger partial charge in [-0.3, -0.25) is 4.98 Å². The lowest BCUT2D eigenvalue weighted by molar-refractivity contribution is 0.709. The molecular formula is C8H10N6. The molecule has 14 heavy (non-hydrogen) atoms. The number of hydrogen-bond donors (Lipinski definition) is 1. The van der Waals surface area contributed by atoms with Crippen molar-refractivity contribution >= 4 is 0 Å². The first-order valence-corrected chi connectivity index (χ1v) is 4.24. The molecule has 0 amide bonds. The summed E-state index contributed by atoms with van der Waals surface area (Å²) >= 11 is 0. The number of aromatic nitrogens is 5. The topological polar surface area (TPSA) is 68.5 Å². The van der Waals surface area contributed by atoms with Gasteiger partial charge in [0.05, 0.1) is 12.7 Å². The lowest BCUT2D eigenvalue weighted by Gasteiger charge is -1.94. The quantitative estimate of drug-likeness (QED) is 0.724.